The number of aliphatic hydroxyl groups is 1. The molecule has 2 nitrogen and oxygen atoms in total. The van der Waals surface area contributed by atoms with Gasteiger partial charge >= 0.3 is 0 Å². The number of hydrogen-bond donors (Lipinski definition) is 1. The van der Waals surface area contributed by atoms with Crippen LogP contribution in [0, 0.1) is 5.92 Å². The molecule has 94 valence electrons. The molecule has 3 unspecified atom stereocenters. The molecule has 1 N–H and O–H groups in total. The van der Waals surface area contributed by atoms with Crippen LogP contribution >= 0.6 is 11.8 Å². The molecule has 0 aromatic heterocycles. The van der Waals surface area contributed by atoms with E-state index in [-0.39, 0.29) is 6.10 Å². The summed E-state index contributed by atoms with van der Waals surface area (Å²) in [7, 11) is 2.24. The minimum Gasteiger partial charge on any atom is -0.393 e. The highest BCUT2D eigenvalue weighted by molar-refractivity contribution is 7.99. The van der Waals surface area contributed by atoms with Crippen LogP contribution in [0.15, 0.2) is 0 Å². The van der Waals surface area contributed by atoms with E-state index >= 15 is 0 Å². The van der Waals surface area contributed by atoms with Gasteiger partial charge in [-0.2, -0.15) is 11.8 Å². The maximum Gasteiger partial charge on any atom is 0.0580 e. The summed E-state index contributed by atoms with van der Waals surface area (Å²) in [5, 5.41) is 10.1. The molecule has 1 saturated heterocycles. The van der Waals surface area contributed by atoms with E-state index in [4.69, 9.17) is 0 Å². The summed E-state index contributed by atoms with van der Waals surface area (Å²) < 4.78 is 0. The Morgan fingerprint density at radius 2 is 2.00 bits per heavy atom. The van der Waals surface area contributed by atoms with Gasteiger partial charge in [0.2, 0.25) is 0 Å². The molecule has 2 fully saturated rings. The Balaban J connectivity index is 1.81. The lowest BCUT2D eigenvalue weighted by Crippen LogP contribution is -2.38. The second-order valence-electron chi connectivity index (χ2n) is 5.42. The molecule has 1 aliphatic carbocycles. The van der Waals surface area contributed by atoms with Gasteiger partial charge in [0.1, 0.15) is 0 Å². The quantitative estimate of drug-likeness (QED) is 0.770. The maximum atomic E-state index is 10.1. The van der Waals surface area contributed by atoms with Crippen LogP contribution in [0.5, 0.6) is 0 Å². The Labute approximate surface area is 104 Å². The lowest BCUT2D eigenvalue weighted by atomic mass is 9.96. The highest BCUT2D eigenvalue weighted by Gasteiger charge is 2.26. The summed E-state index contributed by atoms with van der Waals surface area (Å²) in [6.45, 7) is 1.10. The number of nitrogens with zero attached hydrogens (tertiary/aromatic N) is 1. The fraction of sp³-hybridized carbons (Fsp3) is 1.00. The molecular weight excluding hydrogens is 218 g/mol. The third-order valence-electron chi connectivity index (χ3n) is 4.17. The van der Waals surface area contributed by atoms with E-state index in [0.717, 1.165) is 19.0 Å². The molecule has 2 rings (SSSR count). The van der Waals surface area contributed by atoms with Gasteiger partial charge in [0.05, 0.1) is 6.10 Å². The van der Waals surface area contributed by atoms with Crippen molar-refractivity contribution in [2.75, 3.05) is 25.1 Å². The summed E-state index contributed by atoms with van der Waals surface area (Å²) in [6.07, 6.45) is 7.40. The van der Waals surface area contributed by atoms with E-state index in [1.165, 1.54) is 43.6 Å². The highest BCUT2D eigenvalue weighted by Crippen LogP contribution is 2.27. The number of thioether (sulfide) groups is 1. The van der Waals surface area contributed by atoms with Gasteiger partial charge in [-0.1, -0.05) is 19.3 Å². The van der Waals surface area contributed by atoms with Crippen LogP contribution in [0.25, 0.3) is 0 Å². The van der Waals surface area contributed by atoms with Crippen molar-refractivity contribution in [1.29, 1.82) is 0 Å². The number of hydrogen-bond acceptors (Lipinski definition) is 3. The zero-order valence-corrected chi connectivity index (χ0v) is 11.2. The second-order valence-corrected chi connectivity index (χ2v) is 6.57. The predicted octanol–water partition coefficient (Wildman–Crippen LogP) is 2.36. The van der Waals surface area contributed by atoms with Gasteiger partial charge in [-0.25, -0.2) is 0 Å². The van der Waals surface area contributed by atoms with Gasteiger partial charge < -0.3 is 10.0 Å². The summed E-state index contributed by atoms with van der Waals surface area (Å²) in [5.41, 5.74) is 0. The maximum absolute atomic E-state index is 10.1. The first kappa shape index (κ1) is 12.7. The summed E-state index contributed by atoms with van der Waals surface area (Å²) >= 11 is 2.07. The lowest BCUT2D eigenvalue weighted by molar-refractivity contribution is 0.0719. The van der Waals surface area contributed by atoms with Crippen LogP contribution in [0.1, 0.15) is 38.5 Å². The van der Waals surface area contributed by atoms with Crippen molar-refractivity contribution in [3.05, 3.63) is 0 Å². The fourth-order valence-electron chi connectivity index (χ4n) is 2.97. The van der Waals surface area contributed by atoms with Crippen molar-refractivity contribution in [3.63, 3.8) is 0 Å². The highest BCUT2D eigenvalue weighted by atomic mass is 32.2. The normalized spacial score (nSPS) is 36.6. The molecule has 1 saturated carbocycles. The monoisotopic (exact) mass is 243 g/mol. The molecule has 3 atom stereocenters. The van der Waals surface area contributed by atoms with E-state index in [1.807, 2.05) is 0 Å². The van der Waals surface area contributed by atoms with Crippen molar-refractivity contribution in [2.45, 2.75) is 50.7 Å². The zero-order chi connectivity index (χ0) is 11.4. The van der Waals surface area contributed by atoms with E-state index in [9.17, 15) is 5.11 Å². The Bertz CT molecular complexity index is 206. The van der Waals surface area contributed by atoms with Crippen LogP contribution in [-0.2, 0) is 0 Å². The van der Waals surface area contributed by atoms with Gasteiger partial charge in [0.15, 0.2) is 0 Å². The Morgan fingerprint density at radius 3 is 2.75 bits per heavy atom. The first-order valence-electron chi connectivity index (χ1n) is 6.73. The number of rotatable bonds is 3. The Kier molecular flexibility index (Phi) is 4.98. The number of aliphatic hydroxyl groups excluding tert-OH is 1. The molecule has 1 heterocycles. The molecule has 0 amide bonds. The smallest absolute Gasteiger partial charge is 0.0580 e. The Hall–Kier alpha value is 0.270. The van der Waals surface area contributed by atoms with Crippen LogP contribution in [0.2, 0.25) is 0 Å². The second kappa shape index (κ2) is 6.27. The minimum atomic E-state index is -0.0426. The van der Waals surface area contributed by atoms with Gasteiger partial charge in [-0.05, 0) is 38.0 Å². The molecule has 0 bridgehead atoms. The predicted molar refractivity (Wildman–Crippen MR) is 70.9 cm³/mol. The third kappa shape index (κ3) is 3.38. The molecule has 3 heteroatoms. The van der Waals surface area contributed by atoms with Gasteiger partial charge in [-0.3, -0.25) is 0 Å². The minimum absolute atomic E-state index is 0.0426. The van der Waals surface area contributed by atoms with Gasteiger partial charge in [0, 0.05) is 18.3 Å². The molecule has 0 spiro atoms. The van der Waals surface area contributed by atoms with Gasteiger partial charge in [0.25, 0.3) is 0 Å². The fourth-order valence-corrected chi connectivity index (χ4v) is 4.27. The molecule has 16 heavy (non-hydrogen) atoms. The van der Waals surface area contributed by atoms with Gasteiger partial charge in [-0.15, -0.1) is 0 Å². The SMILES string of the molecule is CN(CC1CCCCCC1O)C1CCSC1. The molecular formula is C13H25NOS. The average molecular weight is 243 g/mol. The molecule has 0 radical (unpaired) electrons. The molecule has 0 aromatic rings. The van der Waals surface area contributed by atoms with Crippen LogP contribution < -0.4 is 0 Å². The van der Waals surface area contributed by atoms with E-state index in [2.05, 4.69) is 23.7 Å². The topological polar surface area (TPSA) is 23.5 Å². The summed E-state index contributed by atoms with van der Waals surface area (Å²) in [6, 6.07) is 0.764. The van der Waals surface area contributed by atoms with Crippen LogP contribution in [0.3, 0.4) is 0 Å². The van der Waals surface area contributed by atoms with Crippen molar-refractivity contribution >= 4 is 11.8 Å². The van der Waals surface area contributed by atoms with Crippen LogP contribution in [-0.4, -0.2) is 47.3 Å². The van der Waals surface area contributed by atoms with E-state index in [0.29, 0.717) is 5.92 Å². The largest absolute Gasteiger partial charge is 0.393 e. The average Bonchev–Trinajstić information content (AvgIpc) is 2.73. The van der Waals surface area contributed by atoms with Crippen molar-refractivity contribution in [1.82, 2.24) is 4.90 Å². The first-order chi connectivity index (χ1) is 7.77. The zero-order valence-electron chi connectivity index (χ0n) is 10.4. The Morgan fingerprint density at radius 1 is 1.19 bits per heavy atom. The van der Waals surface area contributed by atoms with Crippen molar-refractivity contribution < 1.29 is 5.11 Å². The third-order valence-corrected chi connectivity index (χ3v) is 5.32. The van der Waals surface area contributed by atoms with E-state index < -0.39 is 0 Å². The van der Waals surface area contributed by atoms with Crippen molar-refractivity contribution in [3.8, 4) is 0 Å². The molecule has 0 aromatic carbocycles. The lowest BCUT2D eigenvalue weighted by Gasteiger charge is -2.30. The molecule has 1 aliphatic heterocycles. The van der Waals surface area contributed by atoms with E-state index in [1.54, 1.807) is 0 Å². The standard InChI is InChI=1S/C13H25NOS/c1-14(12-7-8-16-10-12)9-11-5-3-2-4-6-13(11)15/h11-13,15H,2-10H2,1H3. The van der Waals surface area contributed by atoms with Crippen molar-refractivity contribution in [2.24, 2.45) is 5.92 Å². The first-order valence-corrected chi connectivity index (χ1v) is 7.89. The van der Waals surface area contributed by atoms with Crippen LogP contribution in [0.4, 0.5) is 0 Å². The summed E-state index contributed by atoms with van der Waals surface area (Å²) in [4.78, 5) is 2.50. The summed E-state index contributed by atoms with van der Waals surface area (Å²) in [5.74, 6) is 3.14. The molecule has 2 aliphatic rings.